The number of nitrogens with one attached hydrogen (secondary N) is 1. The molecular weight excluding hydrogens is 591 g/mol. The number of amides is 3. The minimum absolute atomic E-state index is 0.105. The first kappa shape index (κ1) is 35.8. The highest BCUT2D eigenvalue weighted by Crippen LogP contribution is 2.29. The molecule has 1 heterocycles. The van der Waals surface area contributed by atoms with E-state index in [1.807, 2.05) is 19.9 Å². The number of aliphatic hydroxyl groups excluding tert-OH is 1. The Morgan fingerprint density at radius 2 is 1.84 bits per heavy atom. The highest BCUT2D eigenvalue weighted by Gasteiger charge is 2.32. The van der Waals surface area contributed by atoms with Gasteiger partial charge in [-0.05, 0) is 63.4 Å². The topological polar surface area (TPSA) is 108 Å². The Bertz CT molecular complexity index is 1280. The second-order valence-corrected chi connectivity index (χ2v) is 11.7. The molecule has 2 aromatic carbocycles. The van der Waals surface area contributed by atoms with E-state index in [1.54, 1.807) is 43.1 Å². The van der Waals surface area contributed by atoms with Gasteiger partial charge in [0.25, 0.3) is 11.8 Å². The van der Waals surface area contributed by atoms with Crippen LogP contribution >= 0.6 is 0 Å². The molecule has 4 atom stereocenters. The van der Waals surface area contributed by atoms with E-state index in [0.29, 0.717) is 18.6 Å². The minimum atomic E-state index is -4.47. The maximum atomic E-state index is 14.1. The van der Waals surface area contributed by atoms with Gasteiger partial charge >= 0.3 is 6.18 Å². The molecule has 0 unspecified atom stereocenters. The lowest BCUT2D eigenvalue weighted by Gasteiger charge is -2.36. The maximum Gasteiger partial charge on any atom is 0.389 e. The molecule has 12 heteroatoms. The van der Waals surface area contributed by atoms with E-state index in [1.165, 1.54) is 23.1 Å². The van der Waals surface area contributed by atoms with E-state index in [-0.39, 0.29) is 54.6 Å². The first-order valence-electron chi connectivity index (χ1n) is 15.3. The molecule has 2 aromatic rings. The Kier molecular flexibility index (Phi) is 13.2. The van der Waals surface area contributed by atoms with Gasteiger partial charge in [0.15, 0.2) is 0 Å². The van der Waals surface area contributed by atoms with Crippen molar-refractivity contribution in [2.75, 3.05) is 38.7 Å². The molecule has 0 saturated heterocycles. The van der Waals surface area contributed by atoms with Crippen LogP contribution in [0.5, 0.6) is 5.75 Å². The van der Waals surface area contributed by atoms with Gasteiger partial charge < -0.3 is 29.7 Å². The van der Waals surface area contributed by atoms with Crippen LogP contribution in [0, 0.1) is 5.92 Å². The summed E-state index contributed by atoms with van der Waals surface area (Å²) in [5.74, 6) is -1.49. The van der Waals surface area contributed by atoms with E-state index < -0.39 is 43.0 Å². The SMILES string of the molecule is C[C@@H]1CCCCO[C@@H](CN(C)C(=O)c2ccccc2)[C@@H](C)CN([C@H](C)CO)C(=O)c2cc(NC(=O)CCC(F)(F)F)ccc2O1. The second-order valence-electron chi connectivity index (χ2n) is 11.7. The Balaban J connectivity index is 1.91. The molecule has 0 spiro atoms. The molecule has 1 aliphatic rings. The predicted octanol–water partition coefficient (Wildman–Crippen LogP) is 5.54. The molecule has 3 rings (SSSR count). The second kappa shape index (κ2) is 16.6. The lowest BCUT2D eigenvalue weighted by atomic mass is 10.0. The van der Waals surface area contributed by atoms with Crippen molar-refractivity contribution in [3.8, 4) is 5.75 Å². The summed E-state index contributed by atoms with van der Waals surface area (Å²) >= 11 is 0. The highest BCUT2D eigenvalue weighted by molar-refractivity contribution is 5.99. The van der Waals surface area contributed by atoms with Crippen LogP contribution in [0.3, 0.4) is 0 Å². The lowest BCUT2D eigenvalue weighted by molar-refractivity contribution is -0.142. The number of hydrogen-bond donors (Lipinski definition) is 2. The van der Waals surface area contributed by atoms with Gasteiger partial charge in [0.05, 0.1) is 36.8 Å². The molecule has 45 heavy (non-hydrogen) atoms. The van der Waals surface area contributed by atoms with Crippen LogP contribution in [0.1, 0.15) is 73.6 Å². The number of anilines is 1. The maximum absolute atomic E-state index is 14.1. The van der Waals surface area contributed by atoms with Crippen LogP contribution in [0.4, 0.5) is 18.9 Å². The minimum Gasteiger partial charge on any atom is -0.490 e. The zero-order valence-electron chi connectivity index (χ0n) is 26.3. The summed E-state index contributed by atoms with van der Waals surface area (Å²) in [5.41, 5.74) is 0.804. The molecule has 3 amide bonds. The summed E-state index contributed by atoms with van der Waals surface area (Å²) in [6.07, 6.45) is -5.01. The van der Waals surface area contributed by atoms with Gasteiger partial charge in [-0.25, -0.2) is 0 Å². The van der Waals surface area contributed by atoms with Crippen LogP contribution < -0.4 is 10.1 Å². The highest BCUT2D eigenvalue weighted by atomic mass is 19.4. The lowest BCUT2D eigenvalue weighted by Crippen LogP contribution is -2.48. The van der Waals surface area contributed by atoms with E-state index in [2.05, 4.69) is 5.32 Å². The number of alkyl halides is 3. The van der Waals surface area contributed by atoms with Crippen molar-refractivity contribution in [2.24, 2.45) is 5.92 Å². The summed E-state index contributed by atoms with van der Waals surface area (Å²) in [6, 6.07) is 12.7. The van der Waals surface area contributed by atoms with Gasteiger partial charge in [-0.15, -0.1) is 0 Å². The molecule has 2 N–H and O–H groups in total. The predicted molar refractivity (Wildman–Crippen MR) is 164 cm³/mol. The number of rotatable bonds is 8. The van der Waals surface area contributed by atoms with Gasteiger partial charge in [-0.3, -0.25) is 14.4 Å². The number of benzene rings is 2. The van der Waals surface area contributed by atoms with E-state index in [9.17, 15) is 32.7 Å². The molecule has 1 aliphatic heterocycles. The quantitative estimate of drug-likeness (QED) is 0.395. The zero-order valence-corrected chi connectivity index (χ0v) is 26.3. The van der Waals surface area contributed by atoms with Crippen LogP contribution in [0.25, 0.3) is 0 Å². The molecule has 248 valence electrons. The molecule has 0 aromatic heterocycles. The number of carbonyl (C=O) groups excluding carboxylic acids is 3. The van der Waals surface area contributed by atoms with Crippen molar-refractivity contribution in [1.29, 1.82) is 0 Å². The zero-order chi connectivity index (χ0) is 33.1. The van der Waals surface area contributed by atoms with Crippen LogP contribution in [0.15, 0.2) is 48.5 Å². The fourth-order valence-corrected chi connectivity index (χ4v) is 5.10. The number of carbonyl (C=O) groups is 3. The number of nitrogens with zero attached hydrogens (tertiary/aromatic N) is 2. The van der Waals surface area contributed by atoms with E-state index in [4.69, 9.17) is 9.47 Å². The third kappa shape index (κ3) is 11.0. The number of aliphatic hydroxyl groups is 1. The Hall–Kier alpha value is -3.64. The summed E-state index contributed by atoms with van der Waals surface area (Å²) < 4.78 is 50.4. The van der Waals surface area contributed by atoms with E-state index in [0.717, 1.165) is 12.8 Å². The van der Waals surface area contributed by atoms with Gasteiger partial charge in [-0.1, -0.05) is 25.1 Å². The van der Waals surface area contributed by atoms with Gasteiger partial charge in [0.2, 0.25) is 5.91 Å². The molecule has 0 bridgehead atoms. The first-order chi connectivity index (χ1) is 21.3. The van der Waals surface area contributed by atoms with Crippen molar-refractivity contribution in [1.82, 2.24) is 9.80 Å². The average molecular weight is 636 g/mol. The summed E-state index contributed by atoms with van der Waals surface area (Å²) in [4.78, 5) is 42.6. The fraction of sp³-hybridized carbons (Fsp3) is 0.545. The summed E-state index contributed by atoms with van der Waals surface area (Å²) in [5, 5.41) is 12.6. The third-order valence-corrected chi connectivity index (χ3v) is 7.79. The largest absolute Gasteiger partial charge is 0.490 e. The first-order valence-corrected chi connectivity index (χ1v) is 15.3. The average Bonchev–Trinajstić information content (AvgIpc) is 3.01. The Morgan fingerprint density at radius 1 is 1.13 bits per heavy atom. The number of hydrogen-bond acceptors (Lipinski definition) is 6. The molecule has 0 fully saturated rings. The third-order valence-electron chi connectivity index (χ3n) is 7.79. The van der Waals surface area contributed by atoms with Crippen molar-refractivity contribution in [2.45, 2.75) is 77.3 Å². The summed E-state index contributed by atoms with van der Waals surface area (Å²) in [6.45, 7) is 6.03. The monoisotopic (exact) mass is 635 g/mol. The van der Waals surface area contributed by atoms with Gasteiger partial charge in [0.1, 0.15) is 5.75 Å². The number of likely N-dealkylation sites (N-methyl/N-ethyl adjacent to an activating group) is 1. The van der Waals surface area contributed by atoms with Gasteiger partial charge in [0, 0.05) is 50.3 Å². The van der Waals surface area contributed by atoms with Crippen LogP contribution in [0.2, 0.25) is 0 Å². The number of ether oxygens (including phenoxy) is 2. The normalized spacial score (nSPS) is 20.8. The molecule has 9 nitrogen and oxygen atoms in total. The van der Waals surface area contributed by atoms with Crippen molar-refractivity contribution in [3.05, 3.63) is 59.7 Å². The number of fused-ring (bicyclic) bond motifs is 1. The van der Waals surface area contributed by atoms with Crippen LogP contribution in [-0.2, 0) is 9.53 Å². The number of halogens is 3. The molecule has 0 aliphatic carbocycles. The standard InChI is InChI=1S/C33H44F3N3O6/c1-22-19-39(23(2)21-40)32(43)27-18-26(37-30(41)15-16-33(34,35)36)13-14-28(27)45-24(3)10-8-9-17-44-29(22)20-38(4)31(42)25-11-6-5-7-12-25/h5-7,11-14,18,22-24,29,40H,8-10,15-17,19-21H2,1-4H3,(H,37,41)/t22-,23+,24+,29-/m0/s1. The molecule has 0 saturated carbocycles. The Labute approximate surface area is 262 Å². The van der Waals surface area contributed by atoms with Crippen molar-refractivity contribution >= 4 is 23.4 Å². The van der Waals surface area contributed by atoms with Crippen molar-refractivity contribution in [3.63, 3.8) is 0 Å². The smallest absolute Gasteiger partial charge is 0.389 e. The molecular formula is C33H44F3N3O6. The molecule has 0 radical (unpaired) electrons. The van der Waals surface area contributed by atoms with E-state index >= 15 is 0 Å². The van der Waals surface area contributed by atoms with Gasteiger partial charge in [-0.2, -0.15) is 13.2 Å². The Morgan fingerprint density at radius 3 is 2.51 bits per heavy atom. The van der Waals surface area contributed by atoms with Crippen LogP contribution in [-0.4, -0.2) is 90.4 Å². The fourth-order valence-electron chi connectivity index (χ4n) is 5.10. The summed E-state index contributed by atoms with van der Waals surface area (Å²) in [7, 11) is 1.70. The van der Waals surface area contributed by atoms with Crippen molar-refractivity contribution < 1.29 is 42.1 Å².